The van der Waals surface area contributed by atoms with Gasteiger partial charge in [-0.2, -0.15) is 12.6 Å². The molecule has 1 atom stereocenters. The smallest absolute Gasteiger partial charge is 0.293 e. The first-order chi connectivity index (χ1) is 7.65. The molecule has 0 bridgehead atoms. The van der Waals surface area contributed by atoms with Gasteiger partial charge in [0.2, 0.25) is 0 Å². The highest BCUT2D eigenvalue weighted by atomic mass is 32.1. The minimum Gasteiger partial charge on any atom is -0.466 e. The van der Waals surface area contributed by atoms with Crippen molar-refractivity contribution in [2.24, 2.45) is 0 Å². The fraction of sp³-hybridized carbons (Fsp3) is 0.500. The number of carbonyl (C=O) groups excluding carboxylic acids is 1. The van der Waals surface area contributed by atoms with E-state index in [9.17, 15) is 4.79 Å². The number of thiol groups is 1. The van der Waals surface area contributed by atoms with Crippen LogP contribution in [0.25, 0.3) is 0 Å². The predicted molar refractivity (Wildman–Crippen MR) is 64.5 cm³/mol. The molecular formula is C10H15N3O2S. The molecule has 0 aliphatic heterocycles. The summed E-state index contributed by atoms with van der Waals surface area (Å²) in [5, 5.41) is 2.96. The molecule has 0 radical (unpaired) electrons. The standard InChI is InChI=1S/C10H15N3O2S/c1-7(2)13-10-8(3-11-5-12-10)9(16)4-15-6-14/h3,5-7,9,16H,4H2,1-2H3,(H,11,12,13). The van der Waals surface area contributed by atoms with Gasteiger partial charge >= 0.3 is 0 Å². The van der Waals surface area contributed by atoms with Crippen molar-refractivity contribution in [2.75, 3.05) is 11.9 Å². The largest absolute Gasteiger partial charge is 0.466 e. The van der Waals surface area contributed by atoms with Crippen LogP contribution >= 0.6 is 12.6 Å². The van der Waals surface area contributed by atoms with E-state index in [4.69, 9.17) is 0 Å². The molecule has 88 valence electrons. The molecule has 0 aliphatic carbocycles. The zero-order chi connectivity index (χ0) is 12.0. The lowest BCUT2D eigenvalue weighted by Gasteiger charge is -2.16. The van der Waals surface area contributed by atoms with Gasteiger partial charge in [-0.15, -0.1) is 0 Å². The first-order valence-corrected chi connectivity index (χ1v) is 5.46. The van der Waals surface area contributed by atoms with E-state index in [2.05, 4.69) is 32.7 Å². The minimum absolute atomic E-state index is 0.201. The summed E-state index contributed by atoms with van der Waals surface area (Å²) in [7, 11) is 0. The van der Waals surface area contributed by atoms with Crippen molar-refractivity contribution in [2.45, 2.75) is 25.1 Å². The molecule has 1 aromatic rings. The third-order valence-electron chi connectivity index (χ3n) is 1.85. The normalized spacial score (nSPS) is 12.2. The van der Waals surface area contributed by atoms with Crippen molar-refractivity contribution in [1.82, 2.24) is 9.97 Å². The van der Waals surface area contributed by atoms with Gasteiger partial charge in [0, 0.05) is 17.8 Å². The molecular weight excluding hydrogens is 226 g/mol. The monoisotopic (exact) mass is 241 g/mol. The quantitative estimate of drug-likeness (QED) is 0.583. The lowest BCUT2D eigenvalue weighted by molar-refractivity contribution is -0.128. The molecule has 1 rings (SSSR count). The molecule has 0 spiro atoms. The molecule has 1 unspecified atom stereocenters. The Morgan fingerprint density at radius 1 is 1.62 bits per heavy atom. The van der Waals surface area contributed by atoms with Crippen LogP contribution in [0.15, 0.2) is 12.5 Å². The molecule has 5 nitrogen and oxygen atoms in total. The van der Waals surface area contributed by atoms with Crippen LogP contribution in [0.4, 0.5) is 5.82 Å². The van der Waals surface area contributed by atoms with E-state index in [-0.39, 0.29) is 17.9 Å². The van der Waals surface area contributed by atoms with Crippen molar-refractivity contribution in [3.63, 3.8) is 0 Å². The van der Waals surface area contributed by atoms with Crippen LogP contribution in [-0.4, -0.2) is 29.1 Å². The number of ether oxygens (including phenoxy) is 1. The minimum atomic E-state index is -0.229. The summed E-state index contributed by atoms with van der Waals surface area (Å²) < 4.78 is 4.67. The third-order valence-corrected chi connectivity index (χ3v) is 2.27. The van der Waals surface area contributed by atoms with E-state index < -0.39 is 0 Å². The van der Waals surface area contributed by atoms with Gasteiger partial charge in [-0.1, -0.05) is 0 Å². The van der Waals surface area contributed by atoms with Gasteiger partial charge in [0.1, 0.15) is 18.8 Å². The molecule has 0 saturated carbocycles. The number of rotatable bonds is 6. The predicted octanol–water partition coefficient (Wildman–Crippen LogP) is 1.44. The van der Waals surface area contributed by atoms with Crippen molar-refractivity contribution in [1.29, 1.82) is 0 Å². The van der Waals surface area contributed by atoms with E-state index in [0.717, 1.165) is 11.4 Å². The average molecular weight is 241 g/mol. The van der Waals surface area contributed by atoms with Gasteiger partial charge in [-0.3, -0.25) is 4.79 Å². The van der Waals surface area contributed by atoms with Crippen molar-refractivity contribution >= 4 is 24.9 Å². The molecule has 0 saturated heterocycles. The molecule has 1 N–H and O–H groups in total. The van der Waals surface area contributed by atoms with Crippen molar-refractivity contribution in [3.8, 4) is 0 Å². The number of hydrogen-bond donors (Lipinski definition) is 2. The Hall–Kier alpha value is -1.30. The van der Waals surface area contributed by atoms with Gasteiger partial charge in [0.15, 0.2) is 0 Å². The summed E-state index contributed by atoms with van der Waals surface area (Å²) in [6.07, 6.45) is 3.14. The summed E-state index contributed by atoms with van der Waals surface area (Å²) in [4.78, 5) is 18.2. The molecule has 16 heavy (non-hydrogen) atoms. The number of nitrogens with one attached hydrogen (secondary N) is 1. The van der Waals surface area contributed by atoms with Crippen LogP contribution in [-0.2, 0) is 9.53 Å². The van der Waals surface area contributed by atoms with Gasteiger partial charge in [0.05, 0.1) is 5.25 Å². The first-order valence-electron chi connectivity index (χ1n) is 4.95. The van der Waals surface area contributed by atoms with Gasteiger partial charge in [-0.25, -0.2) is 9.97 Å². The Labute approximate surface area is 100 Å². The van der Waals surface area contributed by atoms with Crippen molar-refractivity contribution in [3.05, 3.63) is 18.1 Å². The molecule has 0 aliphatic rings. The summed E-state index contributed by atoms with van der Waals surface area (Å²) in [5.41, 5.74) is 0.821. The molecule has 0 fully saturated rings. The van der Waals surface area contributed by atoms with Gasteiger partial charge in [-0.05, 0) is 13.8 Å². The lowest BCUT2D eigenvalue weighted by atomic mass is 10.2. The molecule has 6 heteroatoms. The Balaban J connectivity index is 2.80. The zero-order valence-corrected chi connectivity index (χ0v) is 10.1. The molecule has 1 heterocycles. The summed E-state index contributed by atoms with van der Waals surface area (Å²) in [6.45, 7) is 4.64. The maximum Gasteiger partial charge on any atom is 0.293 e. The van der Waals surface area contributed by atoms with Gasteiger partial charge < -0.3 is 10.1 Å². The molecule has 0 aromatic carbocycles. The average Bonchev–Trinajstić information content (AvgIpc) is 2.26. The van der Waals surface area contributed by atoms with Crippen molar-refractivity contribution < 1.29 is 9.53 Å². The molecule has 1 aromatic heterocycles. The van der Waals surface area contributed by atoms with E-state index in [1.165, 1.54) is 6.33 Å². The highest BCUT2D eigenvalue weighted by Gasteiger charge is 2.13. The highest BCUT2D eigenvalue weighted by Crippen LogP contribution is 2.25. The van der Waals surface area contributed by atoms with Crippen LogP contribution in [0.2, 0.25) is 0 Å². The lowest BCUT2D eigenvalue weighted by Crippen LogP contribution is -2.15. The summed E-state index contributed by atoms with van der Waals surface area (Å²) >= 11 is 4.34. The number of aromatic nitrogens is 2. The van der Waals surface area contributed by atoms with Crippen LogP contribution in [0.5, 0.6) is 0 Å². The Morgan fingerprint density at radius 2 is 2.38 bits per heavy atom. The Bertz CT molecular complexity index is 347. The third kappa shape index (κ3) is 3.69. The Morgan fingerprint density at radius 3 is 3.00 bits per heavy atom. The summed E-state index contributed by atoms with van der Waals surface area (Å²) in [5.74, 6) is 0.722. The molecule has 0 amide bonds. The first kappa shape index (κ1) is 12.8. The topological polar surface area (TPSA) is 64.1 Å². The van der Waals surface area contributed by atoms with E-state index in [1.54, 1.807) is 6.20 Å². The highest BCUT2D eigenvalue weighted by molar-refractivity contribution is 7.80. The maximum absolute atomic E-state index is 10.1. The van der Waals surface area contributed by atoms with Crippen LogP contribution in [0.3, 0.4) is 0 Å². The second kappa shape index (κ2) is 6.32. The Kier molecular flexibility index (Phi) is 5.04. The van der Waals surface area contributed by atoms with Gasteiger partial charge in [0.25, 0.3) is 6.47 Å². The maximum atomic E-state index is 10.1. The number of anilines is 1. The van der Waals surface area contributed by atoms with E-state index in [1.807, 2.05) is 13.8 Å². The zero-order valence-electron chi connectivity index (χ0n) is 9.25. The second-order valence-corrected chi connectivity index (χ2v) is 4.19. The van der Waals surface area contributed by atoms with E-state index >= 15 is 0 Å². The van der Waals surface area contributed by atoms with Crippen LogP contribution in [0.1, 0.15) is 24.7 Å². The van der Waals surface area contributed by atoms with E-state index in [0.29, 0.717) is 6.47 Å². The van der Waals surface area contributed by atoms with Crippen LogP contribution in [0, 0.1) is 0 Å². The second-order valence-electron chi connectivity index (χ2n) is 3.57. The SMILES string of the molecule is CC(C)Nc1ncncc1C(S)COC=O. The fourth-order valence-electron chi connectivity index (χ4n) is 1.20. The number of hydrogen-bond acceptors (Lipinski definition) is 6. The number of nitrogens with zero attached hydrogens (tertiary/aromatic N) is 2. The van der Waals surface area contributed by atoms with Crippen LogP contribution < -0.4 is 5.32 Å². The fourth-order valence-corrected chi connectivity index (χ4v) is 1.47. The number of carbonyl (C=O) groups is 1. The summed E-state index contributed by atoms with van der Waals surface area (Å²) in [6, 6.07) is 0.265.